The zero-order valence-electron chi connectivity index (χ0n) is 10.4. The Morgan fingerprint density at radius 1 is 1.06 bits per heavy atom. The molecule has 2 saturated carbocycles. The van der Waals surface area contributed by atoms with E-state index in [0.717, 1.165) is 23.8 Å². The van der Waals surface area contributed by atoms with E-state index in [9.17, 15) is 0 Å². The molecule has 1 atom stereocenters. The van der Waals surface area contributed by atoms with Crippen LogP contribution in [0.3, 0.4) is 0 Å². The second kappa shape index (κ2) is 5.05. The lowest BCUT2D eigenvalue weighted by Crippen LogP contribution is -2.37. The van der Waals surface area contributed by atoms with Crippen molar-refractivity contribution in [3.8, 4) is 0 Å². The molecule has 2 nitrogen and oxygen atoms in total. The maximum absolute atomic E-state index is 3.86. The molecule has 1 saturated heterocycles. The highest BCUT2D eigenvalue weighted by atomic mass is 14.9. The minimum absolute atomic E-state index is 0.900. The highest BCUT2D eigenvalue weighted by molar-refractivity contribution is 4.96. The normalized spacial score (nSPS) is 30.9. The maximum atomic E-state index is 3.86. The number of piperidine rings is 1. The van der Waals surface area contributed by atoms with Crippen LogP contribution in [-0.4, -0.2) is 25.7 Å². The quantitative estimate of drug-likeness (QED) is 0.719. The first-order chi connectivity index (χ1) is 7.93. The first kappa shape index (κ1) is 11.0. The van der Waals surface area contributed by atoms with Crippen LogP contribution in [0.5, 0.6) is 0 Å². The first-order valence-electron chi connectivity index (χ1n) is 7.37. The SMILES string of the molecule is C1CNCC(CCNC(C2CC2)C2CC2)C1. The molecular weight excluding hydrogens is 196 g/mol. The van der Waals surface area contributed by atoms with Crippen LogP contribution in [-0.2, 0) is 0 Å². The molecule has 16 heavy (non-hydrogen) atoms. The van der Waals surface area contributed by atoms with Gasteiger partial charge < -0.3 is 10.6 Å². The average Bonchev–Trinajstić information content (AvgIpc) is 3.17. The molecule has 0 radical (unpaired) electrons. The molecule has 3 fully saturated rings. The second-order valence-corrected chi connectivity index (χ2v) is 6.16. The van der Waals surface area contributed by atoms with Crippen molar-refractivity contribution in [3.63, 3.8) is 0 Å². The van der Waals surface area contributed by atoms with Crippen molar-refractivity contribution in [1.29, 1.82) is 0 Å². The number of hydrogen-bond acceptors (Lipinski definition) is 2. The largest absolute Gasteiger partial charge is 0.316 e. The lowest BCUT2D eigenvalue weighted by molar-refractivity contribution is 0.331. The predicted octanol–water partition coefficient (Wildman–Crippen LogP) is 2.15. The van der Waals surface area contributed by atoms with Crippen LogP contribution in [0, 0.1) is 17.8 Å². The van der Waals surface area contributed by atoms with E-state index in [4.69, 9.17) is 0 Å². The van der Waals surface area contributed by atoms with Crippen LogP contribution in [0.25, 0.3) is 0 Å². The van der Waals surface area contributed by atoms with Crippen LogP contribution in [0.4, 0.5) is 0 Å². The van der Waals surface area contributed by atoms with Crippen molar-refractivity contribution >= 4 is 0 Å². The van der Waals surface area contributed by atoms with Gasteiger partial charge in [0.2, 0.25) is 0 Å². The summed E-state index contributed by atoms with van der Waals surface area (Å²) in [6, 6.07) is 0.900. The highest BCUT2D eigenvalue weighted by Crippen LogP contribution is 2.44. The fraction of sp³-hybridized carbons (Fsp3) is 1.00. The zero-order valence-corrected chi connectivity index (χ0v) is 10.4. The Hall–Kier alpha value is -0.0800. The lowest BCUT2D eigenvalue weighted by atomic mass is 9.96. The molecule has 2 N–H and O–H groups in total. The van der Waals surface area contributed by atoms with E-state index in [1.165, 1.54) is 64.6 Å². The predicted molar refractivity (Wildman–Crippen MR) is 67.4 cm³/mol. The van der Waals surface area contributed by atoms with Crippen LogP contribution in [0.2, 0.25) is 0 Å². The molecule has 0 aromatic carbocycles. The van der Waals surface area contributed by atoms with Crippen LogP contribution in [0.15, 0.2) is 0 Å². The van der Waals surface area contributed by atoms with E-state index in [2.05, 4.69) is 10.6 Å². The smallest absolute Gasteiger partial charge is 0.0124 e. The van der Waals surface area contributed by atoms with Crippen LogP contribution < -0.4 is 10.6 Å². The molecule has 1 aliphatic heterocycles. The van der Waals surface area contributed by atoms with Crippen molar-refractivity contribution in [2.75, 3.05) is 19.6 Å². The topological polar surface area (TPSA) is 24.1 Å². The third-order valence-electron chi connectivity index (χ3n) is 4.59. The lowest BCUT2D eigenvalue weighted by Gasteiger charge is -2.24. The molecule has 2 aliphatic carbocycles. The zero-order chi connectivity index (χ0) is 10.8. The van der Waals surface area contributed by atoms with Gasteiger partial charge in [-0.2, -0.15) is 0 Å². The van der Waals surface area contributed by atoms with Gasteiger partial charge in [0, 0.05) is 6.04 Å². The van der Waals surface area contributed by atoms with Gasteiger partial charge in [0.25, 0.3) is 0 Å². The Kier molecular flexibility index (Phi) is 3.49. The van der Waals surface area contributed by atoms with Gasteiger partial charge in [0.15, 0.2) is 0 Å². The summed E-state index contributed by atoms with van der Waals surface area (Å²) in [4.78, 5) is 0. The summed E-state index contributed by atoms with van der Waals surface area (Å²) in [5.74, 6) is 3.05. The molecule has 2 heteroatoms. The van der Waals surface area contributed by atoms with E-state index in [0.29, 0.717) is 0 Å². The van der Waals surface area contributed by atoms with Gasteiger partial charge in [0.05, 0.1) is 0 Å². The molecule has 1 heterocycles. The van der Waals surface area contributed by atoms with Gasteiger partial charge in [-0.15, -0.1) is 0 Å². The molecule has 0 amide bonds. The standard InChI is InChI=1S/C14H26N2/c1-2-11(10-15-8-1)7-9-16-14(12-3-4-12)13-5-6-13/h11-16H,1-10H2. The Morgan fingerprint density at radius 2 is 1.81 bits per heavy atom. The summed E-state index contributed by atoms with van der Waals surface area (Å²) in [6.45, 7) is 3.78. The minimum atomic E-state index is 0.900. The number of rotatable bonds is 6. The highest BCUT2D eigenvalue weighted by Gasteiger charge is 2.40. The second-order valence-electron chi connectivity index (χ2n) is 6.16. The molecule has 92 valence electrons. The molecule has 3 aliphatic rings. The van der Waals surface area contributed by atoms with Gasteiger partial charge in [-0.25, -0.2) is 0 Å². The molecule has 0 aromatic rings. The Labute approximate surface area is 99.6 Å². The maximum Gasteiger partial charge on any atom is 0.0124 e. The van der Waals surface area contributed by atoms with E-state index < -0.39 is 0 Å². The summed E-state index contributed by atoms with van der Waals surface area (Å²) in [6.07, 6.45) is 10.2. The molecule has 3 rings (SSSR count). The average molecular weight is 222 g/mol. The fourth-order valence-corrected chi connectivity index (χ4v) is 3.25. The van der Waals surface area contributed by atoms with E-state index in [1.54, 1.807) is 0 Å². The Balaban J connectivity index is 1.34. The van der Waals surface area contributed by atoms with Crippen molar-refractivity contribution in [3.05, 3.63) is 0 Å². The van der Waals surface area contributed by atoms with Gasteiger partial charge in [-0.05, 0) is 82.3 Å². The summed E-state index contributed by atoms with van der Waals surface area (Å²) >= 11 is 0. The molecule has 1 unspecified atom stereocenters. The van der Waals surface area contributed by atoms with Crippen molar-refractivity contribution in [2.24, 2.45) is 17.8 Å². The van der Waals surface area contributed by atoms with Crippen molar-refractivity contribution < 1.29 is 0 Å². The molecule has 0 bridgehead atoms. The van der Waals surface area contributed by atoms with E-state index in [1.807, 2.05) is 0 Å². The van der Waals surface area contributed by atoms with Gasteiger partial charge in [-0.3, -0.25) is 0 Å². The number of hydrogen-bond donors (Lipinski definition) is 2. The third kappa shape index (κ3) is 2.98. The molecule has 0 aromatic heterocycles. The van der Waals surface area contributed by atoms with Crippen LogP contribution >= 0.6 is 0 Å². The fourth-order valence-electron chi connectivity index (χ4n) is 3.25. The van der Waals surface area contributed by atoms with Gasteiger partial charge in [0.1, 0.15) is 0 Å². The Bertz CT molecular complexity index is 203. The monoisotopic (exact) mass is 222 g/mol. The first-order valence-corrected chi connectivity index (χ1v) is 7.37. The van der Waals surface area contributed by atoms with Crippen molar-refractivity contribution in [2.45, 2.75) is 51.0 Å². The minimum Gasteiger partial charge on any atom is -0.316 e. The van der Waals surface area contributed by atoms with Gasteiger partial charge >= 0.3 is 0 Å². The summed E-state index contributed by atoms with van der Waals surface area (Å²) in [5.41, 5.74) is 0. The summed E-state index contributed by atoms with van der Waals surface area (Å²) < 4.78 is 0. The van der Waals surface area contributed by atoms with Crippen molar-refractivity contribution in [1.82, 2.24) is 10.6 Å². The van der Waals surface area contributed by atoms with E-state index >= 15 is 0 Å². The number of nitrogens with one attached hydrogen (secondary N) is 2. The van der Waals surface area contributed by atoms with Crippen LogP contribution in [0.1, 0.15) is 44.9 Å². The molecule has 0 spiro atoms. The summed E-state index contributed by atoms with van der Waals surface area (Å²) in [5, 5.41) is 7.38. The van der Waals surface area contributed by atoms with E-state index in [-0.39, 0.29) is 0 Å². The Morgan fingerprint density at radius 3 is 2.38 bits per heavy atom. The van der Waals surface area contributed by atoms with Gasteiger partial charge in [-0.1, -0.05) is 0 Å². The molecular formula is C14H26N2. The third-order valence-corrected chi connectivity index (χ3v) is 4.59. The summed E-state index contributed by atoms with van der Waals surface area (Å²) in [7, 11) is 0.